The van der Waals surface area contributed by atoms with Crippen molar-refractivity contribution in [1.29, 1.82) is 0 Å². The van der Waals surface area contributed by atoms with E-state index in [1.54, 1.807) is 0 Å². The van der Waals surface area contributed by atoms with Gasteiger partial charge in [-0.05, 0) is 55.9 Å². The zero-order chi connectivity index (χ0) is 26.7. The number of rotatable bonds is 9. The SMILES string of the molecule is CCCCC[C@H]1CCC[C@H]([C@H](c2ccc(C=O)cc2)[C@H]2[C@@H]3C=C[C@@H]4N2[C@]4(O)[C@H]3[C@@H]2CC[C@H]3[C@@H](O)CC[C@H]3N2)C1. The number of carbonyl (C=O) groups is 1. The van der Waals surface area contributed by atoms with E-state index < -0.39 is 5.72 Å². The van der Waals surface area contributed by atoms with E-state index in [1.165, 1.54) is 56.9 Å². The van der Waals surface area contributed by atoms with Crippen LogP contribution < -0.4 is 5.32 Å². The topological polar surface area (TPSA) is 72.6 Å². The van der Waals surface area contributed by atoms with Crippen molar-refractivity contribution >= 4 is 6.29 Å². The average Bonchev–Trinajstić information content (AvgIpc) is 3.31. The van der Waals surface area contributed by atoms with Crippen molar-refractivity contribution in [2.24, 2.45) is 29.6 Å². The zero-order valence-electron chi connectivity index (χ0n) is 23.6. The molecule has 212 valence electrons. The van der Waals surface area contributed by atoms with Crippen LogP contribution in [0.15, 0.2) is 36.4 Å². The molecule has 5 fully saturated rings. The molecular weight excluding hydrogens is 484 g/mol. The number of nitrogens with one attached hydrogen (secondary N) is 1. The molecule has 4 bridgehead atoms. The summed E-state index contributed by atoms with van der Waals surface area (Å²) >= 11 is 0. The van der Waals surface area contributed by atoms with Crippen LogP contribution in [0.25, 0.3) is 0 Å². The van der Waals surface area contributed by atoms with Gasteiger partial charge in [0.1, 0.15) is 12.0 Å². The summed E-state index contributed by atoms with van der Waals surface area (Å²) < 4.78 is 0. The molecule has 0 aromatic heterocycles. The second-order valence-electron chi connectivity index (χ2n) is 14.0. The Balaban J connectivity index is 1.18. The maximum Gasteiger partial charge on any atom is 0.150 e. The lowest BCUT2D eigenvalue weighted by atomic mass is 9.63. The maximum absolute atomic E-state index is 12.2. The van der Waals surface area contributed by atoms with Crippen molar-refractivity contribution in [1.82, 2.24) is 10.2 Å². The first-order chi connectivity index (χ1) is 19.0. The Hall–Kier alpha value is -1.53. The highest BCUT2D eigenvalue weighted by Gasteiger charge is 2.79. The van der Waals surface area contributed by atoms with Gasteiger partial charge in [-0.3, -0.25) is 9.69 Å². The summed E-state index contributed by atoms with van der Waals surface area (Å²) in [5.41, 5.74) is 1.36. The number of hydrogen-bond donors (Lipinski definition) is 3. The van der Waals surface area contributed by atoms with Crippen molar-refractivity contribution < 1.29 is 15.0 Å². The van der Waals surface area contributed by atoms with Gasteiger partial charge in [0.2, 0.25) is 0 Å². The summed E-state index contributed by atoms with van der Waals surface area (Å²) in [6, 6.07) is 9.57. The molecule has 4 aliphatic heterocycles. The monoisotopic (exact) mass is 532 g/mol. The van der Waals surface area contributed by atoms with Crippen LogP contribution >= 0.6 is 0 Å². The molecule has 39 heavy (non-hydrogen) atoms. The normalized spacial score (nSPS) is 46.6. The molecule has 2 saturated carbocycles. The molecule has 3 saturated heterocycles. The molecule has 3 N–H and O–H groups in total. The lowest BCUT2D eigenvalue weighted by Crippen LogP contribution is -2.56. The van der Waals surface area contributed by atoms with Crippen molar-refractivity contribution in [3.63, 3.8) is 0 Å². The summed E-state index contributed by atoms with van der Waals surface area (Å²) in [5.74, 6) is 2.72. The highest BCUT2D eigenvalue weighted by Crippen LogP contribution is 2.66. The molecule has 0 spiro atoms. The Bertz CT molecular complexity index is 1070. The van der Waals surface area contributed by atoms with Gasteiger partial charge in [-0.1, -0.05) is 81.9 Å². The molecule has 1 unspecified atom stereocenters. The maximum atomic E-state index is 12.2. The van der Waals surface area contributed by atoms with Crippen LogP contribution in [0.1, 0.15) is 106 Å². The number of piperidine rings is 2. The summed E-state index contributed by atoms with van der Waals surface area (Å²) in [7, 11) is 0. The number of unbranched alkanes of at least 4 members (excludes halogenated alkanes) is 2. The lowest BCUT2D eigenvalue weighted by Gasteiger charge is -2.45. The third kappa shape index (κ3) is 4.29. The van der Waals surface area contributed by atoms with Crippen molar-refractivity contribution in [2.75, 3.05) is 0 Å². The van der Waals surface area contributed by atoms with Crippen LogP contribution in [0, 0.1) is 29.6 Å². The molecule has 1 aromatic carbocycles. The van der Waals surface area contributed by atoms with E-state index in [0.717, 1.165) is 43.5 Å². The van der Waals surface area contributed by atoms with Crippen LogP contribution in [-0.2, 0) is 0 Å². The molecule has 8 rings (SSSR count). The summed E-state index contributed by atoms with van der Waals surface area (Å²) in [6.45, 7) is 2.29. The second-order valence-corrected chi connectivity index (χ2v) is 14.0. The minimum Gasteiger partial charge on any atom is -0.393 e. The second kappa shape index (κ2) is 10.4. The predicted molar refractivity (Wildman–Crippen MR) is 153 cm³/mol. The first kappa shape index (κ1) is 26.4. The molecular formula is C34H48N2O3. The molecule has 3 aliphatic carbocycles. The molecule has 0 amide bonds. The van der Waals surface area contributed by atoms with E-state index in [1.807, 2.05) is 12.1 Å². The number of aliphatic hydroxyl groups excluding tert-OH is 1. The van der Waals surface area contributed by atoms with Crippen LogP contribution in [-0.4, -0.2) is 57.4 Å². The van der Waals surface area contributed by atoms with Crippen LogP contribution in [0.3, 0.4) is 0 Å². The minimum atomic E-state index is -0.734. The molecule has 4 heterocycles. The third-order valence-corrected chi connectivity index (χ3v) is 12.0. The van der Waals surface area contributed by atoms with E-state index in [2.05, 4.69) is 41.4 Å². The summed E-state index contributed by atoms with van der Waals surface area (Å²) in [6.07, 6.45) is 20.2. The van der Waals surface area contributed by atoms with Gasteiger partial charge >= 0.3 is 0 Å². The highest BCUT2D eigenvalue weighted by atomic mass is 16.3. The van der Waals surface area contributed by atoms with Gasteiger partial charge < -0.3 is 15.5 Å². The first-order valence-electron chi connectivity index (χ1n) is 16.2. The largest absolute Gasteiger partial charge is 0.393 e. The van der Waals surface area contributed by atoms with E-state index in [4.69, 9.17) is 0 Å². The quantitative estimate of drug-likeness (QED) is 0.171. The molecule has 5 heteroatoms. The van der Waals surface area contributed by atoms with Crippen LogP contribution in [0.4, 0.5) is 0 Å². The van der Waals surface area contributed by atoms with Crippen molar-refractivity contribution in [3.8, 4) is 0 Å². The third-order valence-electron chi connectivity index (χ3n) is 12.0. The summed E-state index contributed by atoms with van der Waals surface area (Å²) in [5, 5.41) is 26.7. The van der Waals surface area contributed by atoms with Gasteiger partial charge in [0.05, 0.1) is 12.1 Å². The fourth-order valence-corrected chi connectivity index (χ4v) is 10.3. The van der Waals surface area contributed by atoms with E-state index >= 15 is 0 Å². The first-order valence-corrected chi connectivity index (χ1v) is 16.2. The van der Waals surface area contributed by atoms with Crippen LogP contribution in [0.2, 0.25) is 0 Å². The molecule has 5 nitrogen and oxygen atoms in total. The zero-order valence-corrected chi connectivity index (χ0v) is 23.6. The van der Waals surface area contributed by atoms with Gasteiger partial charge in [0, 0.05) is 47.4 Å². The van der Waals surface area contributed by atoms with Gasteiger partial charge in [0.25, 0.3) is 0 Å². The van der Waals surface area contributed by atoms with Crippen LogP contribution in [0.5, 0.6) is 0 Å². The Kier molecular flexibility index (Phi) is 7.02. The van der Waals surface area contributed by atoms with E-state index in [-0.39, 0.29) is 18.1 Å². The number of aldehydes is 1. The Morgan fingerprint density at radius 3 is 2.67 bits per heavy atom. The van der Waals surface area contributed by atoms with Crippen molar-refractivity contribution in [3.05, 3.63) is 47.5 Å². The fraction of sp³-hybridized carbons (Fsp3) is 0.735. The van der Waals surface area contributed by atoms with Gasteiger partial charge in [-0.15, -0.1) is 0 Å². The predicted octanol–water partition coefficient (Wildman–Crippen LogP) is 5.42. The molecule has 0 radical (unpaired) electrons. The number of aliphatic hydroxyl groups is 2. The van der Waals surface area contributed by atoms with Crippen molar-refractivity contribution in [2.45, 2.75) is 126 Å². The lowest BCUT2D eigenvalue weighted by molar-refractivity contribution is 0.0130. The number of hydrogen-bond acceptors (Lipinski definition) is 5. The minimum absolute atomic E-state index is 0.131. The van der Waals surface area contributed by atoms with E-state index in [0.29, 0.717) is 41.8 Å². The number of nitrogens with zero attached hydrogens (tertiary/aromatic N) is 1. The fourth-order valence-electron chi connectivity index (χ4n) is 10.3. The number of carbonyl (C=O) groups excluding carboxylic acids is 1. The van der Waals surface area contributed by atoms with Gasteiger partial charge in [0.15, 0.2) is 0 Å². The molecule has 1 aromatic rings. The Labute approximate surface area is 234 Å². The van der Waals surface area contributed by atoms with E-state index in [9.17, 15) is 15.0 Å². The van der Waals surface area contributed by atoms with Gasteiger partial charge in [-0.2, -0.15) is 0 Å². The average molecular weight is 533 g/mol. The smallest absolute Gasteiger partial charge is 0.150 e. The molecule has 7 aliphatic rings. The number of benzene rings is 1. The molecule has 13 atom stereocenters. The summed E-state index contributed by atoms with van der Waals surface area (Å²) in [4.78, 5) is 13.9. The Morgan fingerprint density at radius 2 is 1.87 bits per heavy atom. The highest BCUT2D eigenvalue weighted by molar-refractivity contribution is 5.74. The number of fused-ring (bicyclic) bond motifs is 1. The van der Waals surface area contributed by atoms with Gasteiger partial charge in [-0.25, -0.2) is 0 Å². The Morgan fingerprint density at radius 1 is 1.05 bits per heavy atom. The standard InChI is InChI=1S/C34H48N2O3/c1-2-3-4-6-21-7-5-8-24(19-21)31(23-11-9-22(20-37)10-12-23)33-26-14-18-30-34(39,36(30)33)32(26)28-15-13-25-27(35-28)16-17-29(25)38/h9-12,14,18,20-21,24-33,35,38-39H,2-8,13,15-17,19H2,1H3/t21-,24-,25+,26+,27+,28-,29-,30-,31-,32+,33+,34+,36?/m0/s1.